The molecule has 0 saturated heterocycles. The van der Waals surface area contributed by atoms with E-state index in [1.54, 1.807) is 24.1 Å². The lowest BCUT2D eigenvalue weighted by Gasteiger charge is -2.18. The summed E-state index contributed by atoms with van der Waals surface area (Å²) in [4.78, 5) is 13.9. The Kier molecular flexibility index (Phi) is 3.45. The van der Waals surface area contributed by atoms with Crippen LogP contribution in [-0.4, -0.2) is 36.6 Å². The molecule has 0 spiro atoms. The van der Waals surface area contributed by atoms with Crippen molar-refractivity contribution in [2.24, 2.45) is 11.8 Å². The average molecular weight is 249 g/mol. The molecule has 1 aliphatic rings. The molecule has 0 radical (unpaired) electrons. The van der Waals surface area contributed by atoms with Crippen LogP contribution >= 0.6 is 0 Å². The third kappa shape index (κ3) is 2.58. The molecule has 1 aromatic rings. The topological polar surface area (TPSA) is 49.8 Å². The molecule has 0 aromatic heterocycles. The maximum atomic E-state index is 12.2. The van der Waals surface area contributed by atoms with Gasteiger partial charge in [-0.2, -0.15) is 0 Å². The largest absolute Gasteiger partial charge is 0.507 e. The molecule has 4 heteroatoms. The summed E-state index contributed by atoms with van der Waals surface area (Å²) in [6.07, 6.45) is 1.18. The fraction of sp³-hybridized carbons (Fsp3) is 0.500. The van der Waals surface area contributed by atoms with Crippen molar-refractivity contribution in [3.05, 3.63) is 23.8 Å². The first-order chi connectivity index (χ1) is 8.52. The third-order valence-electron chi connectivity index (χ3n) is 3.57. The van der Waals surface area contributed by atoms with Crippen molar-refractivity contribution in [1.82, 2.24) is 4.90 Å². The quantitative estimate of drug-likeness (QED) is 0.889. The van der Waals surface area contributed by atoms with Gasteiger partial charge in [-0.1, -0.05) is 6.92 Å². The molecule has 4 nitrogen and oxygen atoms in total. The van der Waals surface area contributed by atoms with Crippen molar-refractivity contribution in [2.45, 2.75) is 13.3 Å². The van der Waals surface area contributed by atoms with Gasteiger partial charge in [0.1, 0.15) is 11.5 Å². The molecule has 1 N–H and O–H groups in total. The first kappa shape index (κ1) is 12.7. The molecule has 2 rings (SSSR count). The van der Waals surface area contributed by atoms with Gasteiger partial charge in [0.05, 0.1) is 12.7 Å². The Labute approximate surface area is 107 Å². The number of carbonyl (C=O) groups is 1. The van der Waals surface area contributed by atoms with E-state index in [-0.39, 0.29) is 11.7 Å². The van der Waals surface area contributed by atoms with Crippen molar-refractivity contribution in [3.63, 3.8) is 0 Å². The number of phenolic OH excluding ortho intramolecular Hbond substituents is 1. The van der Waals surface area contributed by atoms with E-state index in [1.807, 2.05) is 0 Å². The Morgan fingerprint density at radius 1 is 1.56 bits per heavy atom. The predicted molar refractivity (Wildman–Crippen MR) is 68.9 cm³/mol. The molecule has 0 aliphatic heterocycles. The number of rotatable bonds is 4. The lowest BCUT2D eigenvalue weighted by Crippen LogP contribution is -2.29. The maximum Gasteiger partial charge on any atom is 0.257 e. The minimum absolute atomic E-state index is 0.00324. The van der Waals surface area contributed by atoms with Crippen LogP contribution in [0.1, 0.15) is 23.7 Å². The summed E-state index contributed by atoms with van der Waals surface area (Å²) in [5, 5.41) is 9.75. The van der Waals surface area contributed by atoms with Gasteiger partial charge < -0.3 is 14.7 Å². The van der Waals surface area contributed by atoms with Crippen LogP contribution in [0.5, 0.6) is 11.5 Å². The lowest BCUT2D eigenvalue weighted by atomic mass is 10.1. The summed E-state index contributed by atoms with van der Waals surface area (Å²) in [5.74, 6) is 1.72. The Balaban J connectivity index is 2.11. The number of amides is 1. The predicted octanol–water partition coefficient (Wildman–Crippen LogP) is 2.13. The van der Waals surface area contributed by atoms with Gasteiger partial charge in [-0.15, -0.1) is 0 Å². The summed E-state index contributed by atoms with van der Waals surface area (Å²) < 4.78 is 5.07. The number of carbonyl (C=O) groups excluding carboxylic acids is 1. The highest BCUT2D eigenvalue weighted by molar-refractivity contribution is 5.97. The molecule has 0 bridgehead atoms. The normalized spacial score (nSPS) is 21.5. The molecule has 1 saturated carbocycles. The Morgan fingerprint density at radius 3 is 2.78 bits per heavy atom. The SMILES string of the molecule is COc1ccc(O)c(C(=O)N(C)CC2CC2C)c1. The number of nitrogens with zero attached hydrogens (tertiary/aromatic N) is 1. The van der Waals surface area contributed by atoms with Gasteiger partial charge in [-0.25, -0.2) is 0 Å². The van der Waals surface area contributed by atoms with Crippen molar-refractivity contribution >= 4 is 5.91 Å². The van der Waals surface area contributed by atoms with E-state index in [1.165, 1.54) is 19.6 Å². The van der Waals surface area contributed by atoms with Crippen LogP contribution in [0, 0.1) is 11.8 Å². The molecule has 2 unspecified atom stereocenters. The summed E-state index contributed by atoms with van der Waals surface area (Å²) in [6, 6.07) is 4.69. The number of aromatic hydroxyl groups is 1. The molecule has 1 aliphatic carbocycles. The zero-order valence-electron chi connectivity index (χ0n) is 11.0. The van der Waals surface area contributed by atoms with Crippen LogP contribution in [0.2, 0.25) is 0 Å². The second-order valence-corrected chi connectivity index (χ2v) is 5.04. The van der Waals surface area contributed by atoms with Gasteiger partial charge in [0, 0.05) is 13.6 Å². The number of ether oxygens (including phenoxy) is 1. The number of hydrogen-bond acceptors (Lipinski definition) is 3. The second-order valence-electron chi connectivity index (χ2n) is 5.04. The lowest BCUT2D eigenvalue weighted by molar-refractivity contribution is 0.0783. The Hall–Kier alpha value is -1.71. The van der Waals surface area contributed by atoms with Gasteiger partial charge in [0.15, 0.2) is 0 Å². The van der Waals surface area contributed by atoms with Gasteiger partial charge in [-0.05, 0) is 36.5 Å². The van der Waals surface area contributed by atoms with E-state index in [0.29, 0.717) is 23.1 Å². The van der Waals surface area contributed by atoms with E-state index >= 15 is 0 Å². The molecular formula is C14H19NO3. The van der Waals surface area contributed by atoms with Gasteiger partial charge in [0.25, 0.3) is 5.91 Å². The molecule has 1 aromatic carbocycles. The summed E-state index contributed by atoms with van der Waals surface area (Å²) in [5.41, 5.74) is 0.296. The summed E-state index contributed by atoms with van der Waals surface area (Å²) in [6.45, 7) is 2.93. The van der Waals surface area contributed by atoms with Crippen molar-refractivity contribution < 1.29 is 14.6 Å². The van der Waals surface area contributed by atoms with Gasteiger partial charge in [0.2, 0.25) is 0 Å². The molecule has 98 valence electrons. The van der Waals surface area contributed by atoms with E-state index in [0.717, 1.165) is 6.54 Å². The van der Waals surface area contributed by atoms with Crippen LogP contribution in [0.15, 0.2) is 18.2 Å². The molecular weight excluding hydrogens is 230 g/mol. The first-order valence-electron chi connectivity index (χ1n) is 6.15. The first-order valence-corrected chi connectivity index (χ1v) is 6.15. The smallest absolute Gasteiger partial charge is 0.257 e. The van der Waals surface area contributed by atoms with Crippen LogP contribution in [0.25, 0.3) is 0 Å². The second kappa shape index (κ2) is 4.88. The van der Waals surface area contributed by atoms with Crippen LogP contribution in [0.4, 0.5) is 0 Å². The Bertz CT molecular complexity index is 458. The highest BCUT2D eigenvalue weighted by Gasteiger charge is 2.34. The zero-order valence-corrected chi connectivity index (χ0v) is 11.0. The van der Waals surface area contributed by atoms with E-state index in [4.69, 9.17) is 4.74 Å². The fourth-order valence-corrected chi connectivity index (χ4v) is 2.11. The van der Waals surface area contributed by atoms with Crippen LogP contribution < -0.4 is 4.74 Å². The highest BCUT2D eigenvalue weighted by atomic mass is 16.5. The van der Waals surface area contributed by atoms with Crippen molar-refractivity contribution in [3.8, 4) is 11.5 Å². The molecule has 0 heterocycles. The number of phenols is 1. The molecule has 1 amide bonds. The highest BCUT2D eigenvalue weighted by Crippen LogP contribution is 2.38. The standard InChI is InChI=1S/C14H19NO3/c1-9-6-10(9)8-15(2)14(17)12-7-11(18-3)4-5-13(12)16/h4-5,7,9-10,16H,6,8H2,1-3H3. The maximum absolute atomic E-state index is 12.2. The van der Waals surface area contributed by atoms with Crippen molar-refractivity contribution in [1.29, 1.82) is 0 Å². The molecule has 18 heavy (non-hydrogen) atoms. The van der Waals surface area contributed by atoms with Crippen LogP contribution in [-0.2, 0) is 0 Å². The fourth-order valence-electron chi connectivity index (χ4n) is 2.11. The third-order valence-corrected chi connectivity index (χ3v) is 3.57. The number of methoxy groups -OCH3 is 1. The van der Waals surface area contributed by atoms with E-state index in [9.17, 15) is 9.90 Å². The number of hydrogen-bond donors (Lipinski definition) is 1. The molecule has 1 fully saturated rings. The Morgan fingerprint density at radius 2 is 2.22 bits per heavy atom. The van der Waals surface area contributed by atoms with Crippen LogP contribution in [0.3, 0.4) is 0 Å². The molecule has 2 atom stereocenters. The van der Waals surface area contributed by atoms with E-state index in [2.05, 4.69) is 6.92 Å². The monoisotopic (exact) mass is 249 g/mol. The minimum Gasteiger partial charge on any atom is -0.507 e. The summed E-state index contributed by atoms with van der Waals surface area (Å²) in [7, 11) is 3.31. The van der Waals surface area contributed by atoms with Gasteiger partial charge in [-0.3, -0.25) is 4.79 Å². The number of benzene rings is 1. The van der Waals surface area contributed by atoms with E-state index < -0.39 is 0 Å². The minimum atomic E-state index is -0.162. The summed E-state index contributed by atoms with van der Waals surface area (Å²) >= 11 is 0. The van der Waals surface area contributed by atoms with Crippen molar-refractivity contribution in [2.75, 3.05) is 20.7 Å². The average Bonchev–Trinajstić information content (AvgIpc) is 3.04. The zero-order chi connectivity index (χ0) is 13.3. The van der Waals surface area contributed by atoms with Gasteiger partial charge >= 0.3 is 0 Å².